The molecule has 0 saturated carbocycles. The van der Waals surface area contributed by atoms with E-state index in [0.717, 1.165) is 5.75 Å². The van der Waals surface area contributed by atoms with Crippen molar-refractivity contribution in [1.82, 2.24) is 0 Å². The van der Waals surface area contributed by atoms with Gasteiger partial charge in [0.25, 0.3) is 0 Å². The topological polar surface area (TPSA) is 20.2 Å². The minimum atomic E-state index is -0.137. The zero-order valence-corrected chi connectivity index (χ0v) is 15.6. The van der Waals surface area contributed by atoms with Crippen LogP contribution in [0.25, 0.3) is 0 Å². The minimum Gasteiger partial charge on any atom is -0.393 e. The van der Waals surface area contributed by atoms with Crippen LogP contribution in [0.2, 0.25) is 0 Å². The lowest BCUT2D eigenvalue weighted by Gasteiger charge is -2.04. The predicted molar refractivity (Wildman–Crippen MR) is 99.3 cm³/mol. The largest absolute Gasteiger partial charge is 0.393 e. The monoisotopic (exact) mass is 316 g/mol. The van der Waals surface area contributed by atoms with Crippen LogP contribution in [0.5, 0.6) is 0 Å². The van der Waals surface area contributed by atoms with Gasteiger partial charge in [0, 0.05) is 5.75 Å². The Morgan fingerprint density at radius 1 is 0.667 bits per heavy atom. The summed E-state index contributed by atoms with van der Waals surface area (Å²) in [5.41, 5.74) is 0. The van der Waals surface area contributed by atoms with Gasteiger partial charge in [-0.15, -0.1) is 0 Å². The third-order valence-corrected chi connectivity index (χ3v) is 5.30. The molecule has 128 valence electrons. The Balaban J connectivity index is 2.93. The Labute approximate surface area is 138 Å². The van der Waals surface area contributed by atoms with Crippen molar-refractivity contribution in [3.8, 4) is 0 Å². The maximum absolute atomic E-state index is 9.15. The molecule has 1 N–H and O–H groups in total. The van der Waals surface area contributed by atoms with Gasteiger partial charge >= 0.3 is 0 Å². The molecular formula is C19H40OS. The molecule has 0 radical (unpaired) electrons. The molecular weight excluding hydrogens is 276 g/mol. The summed E-state index contributed by atoms with van der Waals surface area (Å²) in [7, 11) is 0. The van der Waals surface area contributed by atoms with Gasteiger partial charge in [-0.1, -0.05) is 90.4 Å². The first-order valence-corrected chi connectivity index (χ1v) is 10.7. The average Bonchev–Trinajstić information content (AvgIpc) is 2.46. The Morgan fingerprint density at radius 3 is 1.43 bits per heavy atom. The first-order valence-electron chi connectivity index (χ1n) is 9.53. The summed E-state index contributed by atoms with van der Waals surface area (Å²) >= 11 is 1.90. The highest BCUT2D eigenvalue weighted by molar-refractivity contribution is 7.99. The fourth-order valence-corrected chi connectivity index (χ4v) is 3.57. The number of aliphatic hydroxyl groups is 1. The molecule has 0 heterocycles. The summed E-state index contributed by atoms with van der Waals surface area (Å²) in [6.45, 7) is 4.16. The molecule has 0 fully saturated rings. The molecule has 0 aliphatic rings. The standard InChI is InChI=1S/C19H40OS/c1-3-4-5-6-7-8-9-10-11-12-13-14-15-16-17-21-18-19(2)20/h19-20H,3-18H2,1-2H3. The summed E-state index contributed by atoms with van der Waals surface area (Å²) < 4.78 is 0. The van der Waals surface area contributed by atoms with Crippen molar-refractivity contribution < 1.29 is 5.11 Å². The van der Waals surface area contributed by atoms with Gasteiger partial charge in [-0.25, -0.2) is 0 Å². The van der Waals surface area contributed by atoms with Gasteiger partial charge in [0.1, 0.15) is 0 Å². The highest BCUT2D eigenvalue weighted by atomic mass is 32.2. The van der Waals surface area contributed by atoms with Gasteiger partial charge in [0.15, 0.2) is 0 Å². The first kappa shape index (κ1) is 21.3. The minimum absolute atomic E-state index is 0.137. The lowest BCUT2D eigenvalue weighted by Crippen LogP contribution is -2.03. The summed E-state index contributed by atoms with van der Waals surface area (Å²) in [5.74, 6) is 2.13. The molecule has 0 aromatic rings. The van der Waals surface area contributed by atoms with Gasteiger partial charge in [-0.05, 0) is 19.1 Å². The van der Waals surface area contributed by atoms with Gasteiger partial charge < -0.3 is 5.11 Å². The molecule has 0 saturated heterocycles. The van der Waals surface area contributed by atoms with Crippen molar-refractivity contribution >= 4 is 11.8 Å². The molecule has 1 unspecified atom stereocenters. The number of rotatable bonds is 17. The molecule has 1 atom stereocenters. The zero-order chi connectivity index (χ0) is 15.6. The first-order chi connectivity index (χ1) is 10.3. The average molecular weight is 317 g/mol. The van der Waals surface area contributed by atoms with Crippen LogP contribution in [0.1, 0.15) is 104 Å². The predicted octanol–water partition coefficient (Wildman–Crippen LogP) is 6.58. The van der Waals surface area contributed by atoms with Crippen LogP contribution in [0.3, 0.4) is 0 Å². The van der Waals surface area contributed by atoms with E-state index in [1.54, 1.807) is 0 Å². The number of thioether (sulfide) groups is 1. The Bertz CT molecular complexity index is 182. The summed E-state index contributed by atoms with van der Waals surface area (Å²) in [4.78, 5) is 0. The van der Waals surface area contributed by atoms with Crippen molar-refractivity contribution in [2.45, 2.75) is 110 Å². The Kier molecular flexibility index (Phi) is 18.6. The highest BCUT2D eigenvalue weighted by Crippen LogP contribution is 2.14. The van der Waals surface area contributed by atoms with E-state index < -0.39 is 0 Å². The van der Waals surface area contributed by atoms with E-state index in [1.807, 2.05) is 18.7 Å². The van der Waals surface area contributed by atoms with Crippen LogP contribution in [0.4, 0.5) is 0 Å². The van der Waals surface area contributed by atoms with Gasteiger partial charge in [0.2, 0.25) is 0 Å². The van der Waals surface area contributed by atoms with Gasteiger partial charge in [0.05, 0.1) is 6.10 Å². The van der Waals surface area contributed by atoms with Crippen LogP contribution >= 0.6 is 11.8 Å². The second-order valence-corrected chi connectivity index (χ2v) is 7.67. The molecule has 0 aliphatic heterocycles. The summed E-state index contributed by atoms with van der Waals surface area (Å²) in [6.07, 6.45) is 19.8. The van der Waals surface area contributed by atoms with Crippen LogP contribution in [-0.2, 0) is 0 Å². The quantitative estimate of drug-likeness (QED) is 0.306. The molecule has 1 nitrogen and oxygen atoms in total. The number of unbranched alkanes of at least 4 members (excludes halogenated alkanes) is 13. The number of hydrogen-bond acceptors (Lipinski definition) is 2. The molecule has 21 heavy (non-hydrogen) atoms. The third kappa shape index (κ3) is 20.3. The van der Waals surface area contributed by atoms with Crippen molar-refractivity contribution in [3.63, 3.8) is 0 Å². The second-order valence-electron chi connectivity index (χ2n) is 6.52. The molecule has 0 aromatic carbocycles. The normalized spacial score (nSPS) is 12.7. The van der Waals surface area contributed by atoms with Crippen LogP contribution in [0.15, 0.2) is 0 Å². The van der Waals surface area contributed by atoms with Crippen molar-refractivity contribution in [1.29, 1.82) is 0 Å². The molecule has 0 spiro atoms. The molecule has 0 rings (SSSR count). The van der Waals surface area contributed by atoms with E-state index in [1.165, 1.54) is 95.6 Å². The summed E-state index contributed by atoms with van der Waals surface area (Å²) in [6, 6.07) is 0. The fourth-order valence-electron chi connectivity index (χ4n) is 2.65. The van der Waals surface area contributed by atoms with E-state index in [2.05, 4.69) is 6.92 Å². The fraction of sp³-hybridized carbons (Fsp3) is 1.00. The van der Waals surface area contributed by atoms with E-state index >= 15 is 0 Å². The van der Waals surface area contributed by atoms with Gasteiger partial charge in [-0.3, -0.25) is 0 Å². The SMILES string of the molecule is CCCCCCCCCCCCCCCCSCC(C)O. The molecule has 0 aromatic heterocycles. The van der Waals surface area contributed by atoms with E-state index in [9.17, 15) is 0 Å². The zero-order valence-electron chi connectivity index (χ0n) is 14.7. The van der Waals surface area contributed by atoms with Crippen LogP contribution in [-0.4, -0.2) is 22.7 Å². The van der Waals surface area contributed by atoms with Crippen molar-refractivity contribution in [3.05, 3.63) is 0 Å². The van der Waals surface area contributed by atoms with Crippen LogP contribution < -0.4 is 0 Å². The smallest absolute Gasteiger partial charge is 0.0602 e. The van der Waals surface area contributed by atoms with Gasteiger partial charge in [-0.2, -0.15) is 11.8 Å². The van der Waals surface area contributed by atoms with E-state index in [4.69, 9.17) is 5.11 Å². The maximum Gasteiger partial charge on any atom is 0.0602 e. The Morgan fingerprint density at radius 2 is 1.05 bits per heavy atom. The molecule has 0 aliphatic carbocycles. The lowest BCUT2D eigenvalue weighted by molar-refractivity contribution is 0.220. The van der Waals surface area contributed by atoms with Crippen LogP contribution in [0, 0.1) is 0 Å². The maximum atomic E-state index is 9.15. The van der Waals surface area contributed by atoms with E-state index in [-0.39, 0.29) is 6.10 Å². The Hall–Kier alpha value is 0.310. The lowest BCUT2D eigenvalue weighted by atomic mass is 10.0. The molecule has 2 heteroatoms. The van der Waals surface area contributed by atoms with Crippen molar-refractivity contribution in [2.24, 2.45) is 0 Å². The molecule has 0 bridgehead atoms. The number of hydrogen-bond donors (Lipinski definition) is 1. The second kappa shape index (κ2) is 18.4. The van der Waals surface area contributed by atoms with E-state index in [0.29, 0.717) is 0 Å². The molecule has 0 amide bonds. The van der Waals surface area contributed by atoms with Crippen molar-refractivity contribution in [2.75, 3.05) is 11.5 Å². The third-order valence-electron chi connectivity index (χ3n) is 4.00. The summed E-state index contributed by atoms with van der Waals surface area (Å²) in [5, 5.41) is 9.15. The highest BCUT2D eigenvalue weighted by Gasteiger charge is 1.96. The number of aliphatic hydroxyl groups excluding tert-OH is 1.